The van der Waals surface area contributed by atoms with Crippen molar-refractivity contribution in [2.45, 2.75) is 272 Å². The van der Waals surface area contributed by atoms with Crippen LogP contribution >= 0.6 is 0 Å². The van der Waals surface area contributed by atoms with Gasteiger partial charge in [-0.3, -0.25) is 19.4 Å². The van der Waals surface area contributed by atoms with Gasteiger partial charge in [-0.2, -0.15) is 0 Å². The Hall–Kier alpha value is -1.18. The van der Waals surface area contributed by atoms with Gasteiger partial charge in [-0.1, -0.05) is 227 Å². The molecule has 1 saturated heterocycles. The fourth-order valence-corrected chi connectivity index (χ4v) is 9.78. The Morgan fingerprint density at radius 2 is 0.719 bits per heavy atom. The van der Waals surface area contributed by atoms with Crippen LogP contribution in [-0.4, -0.2) is 110 Å². The van der Waals surface area contributed by atoms with E-state index in [9.17, 15) is 9.59 Å². The first kappa shape index (κ1) is 60.8. The number of esters is 1. The molecular weight excluding hydrogens is 789 g/mol. The molecule has 1 atom stereocenters. The molecule has 0 radical (unpaired) electrons. The summed E-state index contributed by atoms with van der Waals surface area (Å²) in [7, 11) is 0. The van der Waals surface area contributed by atoms with Crippen LogP contribution in [0.2, 0.25) is 0 Å². The molecule has 0 aliphatic carbocycles. The van der Waals surface area contributed by atoms with Crippen LogP contribution in [0.15, 0.2) is 0 Å². The van der Waals surface area contributed by atoms with Gasteiger partial charge in [0.1, 0.15) is 0 Å². The molecule has 0 spiro atoms. The molecule has 1 fully saturated rings. The third kappa shape index (κ3) is 37.9. The predicted molar refractivity (Wildman–Crippen MR) is 280 cm³/mol. The number of unbranched alkanes of at least 4 members (excludes halogenated alkanes) is 30. The molecule has 380 valence electrons. The second kappa shape index (κ2) is 46.9. The number of amides is 1. The van der Waals surface area contributed by atoms with Crippen molar-refractivity contribution >= 4 is 11.9 Å². The summed E-state index contributed by atoms with van der Waals surface area (Å²) in [6, 6.07) is 0. The van der Waals surface area contributed by atoms with Crippen LogP contribution in [0, 0.1) is 5.92 Å². The summed E-state index contributed by atoms with van der Waals surface area (Å²) in [5.41, 5.74) is 0. The maximum absolute atomic E-state index is 14.1. The van der Waals surface area contributed by atoms with Crippen LogP contribution in [-0.2, 0) is 14.3 Å². The molecule has 0 saturated carbocycles. The van der Waals surface area contributed by atoms with Crippen molar-refractivity contribution in [1.82, 2.24) is 19.6 Å². The van der Waals surface area contributed by atoms with Gasteiger partial charge in [-0.15, -0.1) is 0 Å². The number of hydrogen-bond donors (Lipinski definition) is 0. The fraction of sp³-hybridized carbons (Fsp3) is 0.965. The van der Waals surface area contributed by atoms with Gasteiger partial charge in [0.25, 0.3) is 0 Å². The number of hydrogen-bond acceptors (Lipinski definition) is 6. The number of likely N-dealkylation sites (tertiary alicyclic amines) is 1. The lowest BCUT2D eigenvalue weighted by Crippen LogP contribution is -2.47. The van der Waals surface area contributed by atoms with Crippen molar-refractivity contribution in [3.05, 3.63) is 0 Å². The van der Waals surface area contributed by atoms with Gasteiger partial charge in [0, 0.05) is 32.1 Å². The lowest BCUT2D eigenvalue weighted by atomic mass is 9.99. The van der Waals surface area contributed by atoms with Crippen molar-refractivity contribution in [2.24, 2.45) is 5.92 Å². The molecule has 1 rings (SSSR count). The lowest BCUT2D eigenvalue weighted by Gasteiger charge is -2.35. The Kier molecular flexibility index (Phi) is 44.6. The quantitative estimate of drug-likeness (QED) is 0.0448. The molecule has 0 bridgehead atoms. The van der Waals surface area contributed by atoms with E-state index in [0.29, 0.717) is 19.7 Å². The van der Waals surface area contributed by atoms with Gasteiger partial charge < -0.3 is 14.5 Å². The Morgan fingerprint density at radius 3 is 1.09 bits per heavy atom. The number of nitrogens with zero attached hydrogens (tertiary/aromatic N) is 4. The minimum atomic E-state index is -0.0762. The first-order chi connectivity index (χ1) is 31.5. The average molecular weight is 904 g/mol. The molecule has 1 unspecified atom stereocenters. The molecule has 1 heterocycles. The smallest absolute Gasteiger partial charge is 0.320 e. The molecule has 1 aliphatic rings. The number of piperidine rings is 1. The van der Waals surface area contributed by atoms with Crippen molar-refractivity contribution in [1.29, 1.82) is 0 Å². The van der Waals surface area contributed by atoms with Gasteiger partial charge >= 0.3 is 5.97 Å². The molecular formula is C57H114N4O3. The summed E-state index contributed by atoms with van der Waals surface area (Å²) in [6.07, 6.45) is 48.2. The lowest BCUT2D eigenvalue weighted by molar-refractivity contribution is -0.147. The van der Waals surface area contributed by atoms with Gasteiger partial charge in [-0.05, 0) is 77.7 Å². The zero-order chi connectivity index (χ0) is 46.4. The SMILES string of the molecule is CCCCCCCCCN(CCCCCCCCC)CCN(CCCCCCCCC)CC(=O)N1CCCC(COC(=O)CN(CCCCCCCCC)CCCCCCCCC)C1. The van der Waals surface area contributed by atoms with Crippen LogP contribution in [0.1, 0.15) is 272 Å². The summed E-state index contributed by atoms with van der Waals surface area (Å²) in [6.45, 7) is 21.9. The topological polar surface area (TPSA) is 56.3 Å². The normalized spacial score (nSPS) is 14.4. The van der Waals surface area contributed by atoms with E-state index in [0.717, 1.165) is 58.7 Å². The second-order valence-electron chi connectivity index (χ2n) is 20.5. The van der Waals surface area contributed by atoms with Gasteiger partial charge in [0.2, 0.25) is 5.91 Å². The standard InChI is InChI=1S/C57H114N4O3/c1-6-11-16-21-26-31-36-43-58(44-37-32-27-22-17-12-7-2)49-50-60(47-40-35-30-25-20-15-10-5)52-56(62)61-48-41-42-55(51-61)54-64-57(63)53-59(45-38-33-28-23-18-13-8-3)46-39-34-29-24-19-14-9-4/h55H,6-54H2,1-5H3. The molecule has 7 nitrogen and oxygen atoms in total. The van der Waals surface area contributed by atoms with E-state index in [-0.39, 0.29) is 17.8 Å². The Labute approximate surface area is 401 Å². The largest absolute Gasteiger partial charge is 0.464 e. The van der Waals surface area contributed by atoms with Gasteiger partial charge in [0.15, 0.2) is 0 Å². The van der Waals surface area contributed by atoms with E-state index in [4.69, 9.17) is 4.74 Å². The highest BCUT2D eigenvalue weighted by Gasteiger charge is 2.26. The molecule has 1 aliphatic heterocycles. The Morgan fingerprint density at radius 1 is 0.406 bits per heavy atom. The maximum atomic E-state index is 14.1. The van der Waals surface area contributed by atoms with Crippen LogP contribution in [0.3, 0.4) is 0 Å². The highest BCUT2D eigenvalue weighted by molar-refractivity contribution is 5.78. The number of ether oxygens (including phenoxy) is 1. The van der Waals surface area contributed by atoms with Crippen LogP contribution < -0.4 is 0 Å². The van der Waals surface area contributed by atoms with Crippen molar-refractivity contribution in [3.63, 3.8) is 0 Å². The molecule has 0 aromatic rings. The monoisotopic (exact) mass is 903 g/mol. The zero-order valence-electron chi connectivity index (χ0n) is 44.2. The van der Waals surface area contributed by atoms with E-state index >= 15 is 0 Å². The van der Waals surface area contributed by atoms with Crippen molar-refractivity contribution in [2.75, 3.05) is 78.6 Å². The first-order valence-corrected chi connectivity index (χ1v) is 29.1. The van der Waals surface area contributed by atoms with Crippen molar-refractivity contribution in [3.8, 4) is 0 Å². The minimum Gasteiger partial charge on any atom is -0.464 e. The van der Waals surface area contributed by atoms with E-state index in [2.05, 4.69) is 54.2 Å². The third-order valence-corrected chi connectivity index (χ3v) is 14.2. The Bertz CT molecular complexity index is 960. The second-order valence-corrected chi connectivity index (χ2v) is 20.5. The van der Waals surface area contributed by atoms with E-state index in [1.807, 2.05) is 0 Å². The first-order valence-electron chi connectivity index (χ1n) is 29.1. The van der Waals surface area contributed by atoms with E-state index < -0.39 is 0 Å². The summed E-state index contributed by atoms with van der Waals surface area (Å²) in [5.74, 6) is 0.436. The average Bonchev–Trinajstić information content (AvgIpc) is 3.30. The zero-order valence-corrected chi connectivity index (χ0v) is 44.2. The maximum Gasteiger partial charge on any atom is 0.320 e. The summed E-state index contributed by atoms with van der Waals surface area (Å²) in [5, 5.41) is 0. The molecule has 64 heavy (non-hydrogen) atoms. The van der Waals surface area contributed by atoms with Gasteiger partial charge in [0.05, 0.1) is 19.7 Å². The molecule has 0 aromatic heterocycles. The van der Waals surface area contributed by atoms with Crippen molar-refractivity contribution < 1.29 is 14.3 Å². The summed E-state index contributed by atoms with van der Waals surface area (Å²) < 4.78 is 6.02. The fourth-order valence-electron chi connectivity index (χ4n) is 9.78. The molecule has 0 aromatic carbocycles. The number of rotatable bonds is 49. The number of carbonyl (C=O) groups is 2. The van der Waals surface area contributed by atoms with Crippen LogP contribution in [0.4, 0.5) is 0 Å². The molecule has 1 amide bonds. The molecule has 7 heteroatoms. The summed E-state index contributed by atoms with van der Waals surface area (Å²) >= 11 is 0. The minimum absolute atomic E-state index is 0.0762. The predicted octanol–water partition coefficient (Wildman–Crippen LogP) is 15.4. The van der Waals surface area contributed by atoms with Crippen LogP contribution in [0.25, 0.3) is 0 Å². The third-order valence-electron chi connectivity index (χ3n) is 14.2. The Balaban J connectivity index is 2.78. The highest BCUT2D eigenvalue weighted by atomic mass is 16.5. The molecule has 0 N–H and O–H groups in total. The van der Waals surface area contributed by atoms with Gasteiger partial charge in [-0.25, -0.2) is 0 Å². The van der Waals surface area contributed by atoms with E-state index in [1.54, 1.807) is 0 Å². The van der Waals surface area contributed by atoms with E-state index in [1.165, 1.54) is 238 Å². The summed E-state index contributed by atoms with van der Waals surface area (Å²) in [4.78, 5) is 37.1. The number of carbonyl (C=O) groups excluding carboxylic acids is 2. The van der Waals surface area contributed by atoms with Crippen LogP contribution in [0.5, 0.6) is 0 Å². The highest BCUT2D eigenvalue weighted by Crippen LogP contribution is 2.19.